The number of pyridine rings is 1. The van der Waals surface area contributed by atoms with Gasteiger partial charge in [0.25, 0.3) is 5.91 Å². The van der Waals surface area contributed by atoms with Crippen LogP contribution in [-0.4, -0.2) is 36.7 Å². The molecule has 0 saturated carbocycles. The number of H-pyrrole nitrogens is 1. The minimum Gasteiger partial charge on any atom is -0.354 e. The predicted octanol–water partition coefficient (Wildman–Crippen LogP) is 4.66. The number of rotatable bonds is 5. The van der Waals surface area contributed by atoms with E-state index in [1.165, 1.54) is 10.4 Å². The molecule has 0 aliphatic carbocycles. The van der Waals surface area contributed by atoms with E-state index in [1.807, 2.05) is 0 Å². The maximum Gasteiger partial charge on any atom is 0.255 e. The smallest absolute Gasteiger partial charge is 0.255 e. The highest BCUT2D eigenvalue weighted by Gasteiger charge is 2.29. The third kappa shape index (κ3) is 4.65. The van der Waals surface area contributed by atoms with Crippen molar-refractivity contribution in [2.24, 2.45) is 0 Å². The quantitative estimate of drug-likeness (QED) is 0.373. The van der Waals surface area contributed by atoms with Gasteiger partial charge in [0.1, 0.15) is 5.82 Å². The number of fused-ring (bicyclic) bond motifs is 2. The van der Waals surface area contributed by atoms with Gasteiger partial charge in [-0.2, -0.15) is 4.31 Å². The molecule has 1 fully saturated rings. The zero-order valence-corrected chi connectivity index (χ0v) is 21.5. The van der Waals surface area contributed by atoms with Crippen LogP contribution in [0.1, 0.15) is 49.0 Å². The Hall–Kier alpha value is -3.56. The molecule has 1 saturated heterocycles. The van der Waals surface area contributed by atoms with Crippen LogP contribution < -0.4 is 10.7 Å². The van der Waals surface area contributed by atoms with Gasteiger partial charge in [0.15, 0.2) is 5.43 Å². The molecular formula is C28H28FN3O4S. The van der Waals surface area contributed by atoms with Crippen LogP contribution in [-0.2, 0) is 15.6 Å². The van der Waals surface area contributed by atoms with Gasteiger partial charge >= 0.3 is 0 Å². The highest BCUT2D eigenvalue weighted by Crippen LogP contribution is 2.26. The number of hydrogen-bond acceptors (Lipinski definition) is 4. The summed E-state index contributed by atoms with van der Waals surface area (Å²) in [6, 6.07) is 15.8. The zero-order valence-electron chi connectivity index (χ0n) is 20.7. The summed E-state index contributed by atoms with van der Waals surface area (Å²) in [5.41, 5.74) is 0.186. The molecule has 2 N–H and O–H groups in total. The lowest BCUT2D eigenvalue weighted by Gasteiger charge is -2.28. The van der Waals surface area contributed by atoms with E-state index in [1.54, 1.807) is 62.4 Å². The monoisotopic (exact) mass is 521 g/mol. The Kier molecular flexibility index (Phi) is 6.37. The number of amides is 1. The average Bonchev–Trinajstić information content (AvgIpc) is 2.89. The van der Waals surface area contributed by atoms with Crippen LogP contribution >= 0.6 is 0 Å². The fourth-order valence-electron chi connectivity index (χ4n) is 4.84. The Labute approximate surface area is 214 Å². The molecule has 4 aromatic rings. The van der Waals surface area contributed by atoms with E-state index in [4.69, 9.17) is 0 Å². The van der Waals surface area contributed by atoms with Crippen LogP contribution in [0, 0.1) is 5.82 Å². The number of sulfonamides is 1. The molecule has 0 radical (unpaired) electrons. The first-order valence-corrected chi connectivity index (χ1v) is 13.7. The van der Waals surface area contributed by atoms with E-state index in [-0.39, 0.29) is 21.3 Å². The first-order valence-electron chi connectivity index (χ1n) is 12.3. The molecule has 0 unspecified atom stereocenters. The molecule has 1 aromatic heterocycles. The predicted molar refractivity (Wildman–Crippen MR) is 142 cm³/mol. The molecule has 0 atom stereocenters. The van der Waals surface area contributed by atoms with Gasteiger partial charge in [-0.25, -0.2) is 12.8 Å². The number of halogens is 1. The molecule has 37 heavy (non-hydrogen) atoms. The van der Waals surface area contributed by atoms with Crippen molar-refractivity contribution in [2.45, 2.75) is 43.5 Å². The summed E-state index contributed by atoms with van der Waals surface area (Å²) in [7, 11) is -3.57. The van der Waals surface area contributed by atoms with Gasteiger partial charge in [0.2, 0.25) is 10.0 Å². The van der Waals surface area contributed by atoms with Gasteiger partial charge in [-0.3, -0.25) is 9.59 Å². The molecule has 1 aliphatic rings. The van der Waals surface area contributed by atoms with Crippen LogP contribution in [0.2, 0.25) is 0 Å². The lowest BCUT2D eigenvalue weighted by atomic mass is 9.93. The maximum absolute atomic E-state index is 15.0. The summed E-state index contributed by atoms with van der Waals surface area (Å²) in [6.07, 6.45) is 2.74. The molecule has 0 bridgehead atoms. The molecule has 192 valence electrons. The Morgan fingerprint density at radius 1 is 0.946 bits per heavy atom. The van der Waals surface area contributed by atoms with E-state index in [0.717, 1.165) is 25.3 Å². The standard InChI is InChI=1S/C28H28FN3O4S/c1-28(2,18-10-12-19(13-11-18)37(35,36)32-14-6-3-7-15-32)31-27(34)21-17-25-22(16-23(21)29)26(33)20-8-4-5-9-24(20)30-25/h4-5,8-13,16-17H,3,6-7,14-15H2,1-2H3,(H,30,33)(H,31,34). The topological polar surface area (TPSA) is 99.3 Å². The first kappa shape index (κ1) is 25.1. The van der Waals surface area contributed by atoms with Crippen molar-refractivity contribution in [3.05, 3.63) is 87.8 Å². The Bertz CT molecular complexity index is 1670. The molecular weight excluding hydrogens is 493 g/mol. The Balaban J connectivity index is 1.41. The molecule has 0 spiro atoms. The van der Waals surface area contributed by atoms with Crippen LogP contribution in [0.3, 0.4) is 0 Å². The highest BCUT2D eigenvalue weighted by molar-refractivity contribution is 7.89. The SMILES string of the molecule is CC(C)(NC(=O)c1cc2[nH]c3ccccc3c(=O)c2cc1F)c1ccc(S(=O)(=O)N2CCCCC2)cc1. The van der Waals surface area contributed by atoms with E-state index < -0.39 is 27.3 Å². The van der Waals surface area contributed by atoms with E-state index >= 15 is 4.39 Å². The van der Waals surface area contributed by atoms with E-state index in [2.05, 4.69) is 10.3 Å². The summed E-state index contributed by atoms with van der Waals surface area (Å²) >= 11 is 0. The number of para-hydroxylation sites is 1. The molecule has 3 aromatic carbocycles. The molecule has 1 amide bonds. The third-order valence-corrected chi connectivity index (χ3v) is 8.91. The van der Waals surface area contributed by atoms with Crippen molar-refractivity contribution in [3.63, 3.8) is 0 Å². The van der Waals surface area contributed by atoms with Crippen molar-refractivity contribution < 1.29 is 17.6 Å². The van der Waals surface area contributed by atoms with E-state index in [0.29, 0.717) is 35.1 Å². The molecule has 9 heteroatoms. The summed E-state index contributed by atoms with van der Waals surface area (Å²) in [5, 5.41) is 3.44. The second-order valence-electron chi connectivity index (χ2n) is 9.95. The second-order valence-corrected chi connectivity index (χ2v) is 11.9. The summed E-state index contributed by atoms with van der Waals surface area (Å²) in [4.78, 5) is 29.2. The van der Waals surface area contributed by atoms with Gasteiger partial charge in [-0.1, -0.05) is 30.7 Å². The zero-order chi connectivity index (χ0) is 26.4. The van der Waals surface area contributed by atoms with Crippen molar-refractivity contribution in [3.8, 4) is 0 Å². The number of aromatic amines is 1. The number of nitrogens with zero attached hydrogens (tertiary/aromatic N) is 1. The molecule has 5 rings (SSSR count). The Morgan fingerprint density at radius 3 is 2.32 bits per heavy atom. The average molecular weight is 522 g/mol. The van der Waals surface area contributed by atoms with Gasteiger partial charge < -0.3 is 10.3 Å². The number of hydrogen-bond donors (Lipinski definition) is 2. The van der Waals surface area contributed by atoms with Crippen molar-refractivity contribution >= 4 is 37.7 Å². The van der Waals surface area contributed by atoms with E-state index in [9.17, 15) is 18.0 Å². The number of benzene rings is 3. The number of carbonyl (C=O) groups is 1. The first-order chi connectivity index (χ1) is 17.6. The lowest BCUT2D eigenvalue weighted by molar-refractivity contribution is 0.0908. The van der Waals surface area contributed by atoms with Crippen molar-refractivity contribution in [2.75, 3.05) is 13.1 Å². The fourth-order valence-corrected chi connectivity index (χ4v) is 6.36. The minimum atomic E-state index is -3.57. The van der Waals surface area contributed by atoms with Gasteiger partial charge in [0.05, 0.1) is 21.5 Å². The van der Waals surface area contributed by atoms with Gasteiger partial charge in [0, 0.05) is 29.4 Å². The van der Waals surface area contributed by atoms with Crippen LogP contribution in [0.4, 0.5) is 4.39 Å². The molecule has 2 heterocycles. The number of nitrogens with one attached hydrogen (secondary N) is 2. The van der Waals surface area contributed by atoms with Crippen LogP contribution in [0.25, 0.3) is 21.8 Å². The lowest BCUT2D eigenvalue weighted by Crippen LogP contribution is -2.41. The number of aromatic nitrogens is 1. The largest absolute Gasteiger partial charge is 0.354 e. The minimum absolute atomic E-state index is 0.164. The summed E-state index contributed by atoms with van der Waals surface area (Å²) in [6.45, 7) is 4.55. The third-order valence-electron chi connectivity index (χ3n) is 6.99. The summed E-state index contributed by atoms with van der Waals surface area (Å²) < 4.78 is 42.4. The van der Waals surface area contributed by atoms with Gasteiger partial charge in [-0.15, -0.1) is 0 Å². The van der Waals surface area contributed by atoms with Crippen molar-refractivity contribution in [1.82, 2.24) is 14.6 Å². The molecule has 1 aliphatic heterocycles. The second kappa shape index (κ2) is 9.39. The highest BCUT2D eigenvalue weighted by atomic mass is 32.2. The van der Waals surface area contributed by atoms with Crippen LogP contribution in [0.5, 0.6) is 0 Å². The Morgan fingerprint density at radius 2 is 1.62 bits per heavy atom. The molecule has 7 nitrogen and oxygen atoms in total. The number of carbonyl (C=O) groups excluding carboxylic acids is 1. The fraction of sp³-hybridized carbons (Fsp3) is 0.286. The van der Waals surface area contributed by atoms with Crippen LogP contribution in [0.15, 0.2) is 70.4 Å². The summed E-state index contributed by atoms with van der Waals surface area (Å²) in [5.74, 6) is -1.45. The van der Waals surface area contributed by atoms with Gasteiger partial charge in [-0.05, 0) is 68.7 Å². The maximum atomic E-state index is 15.0. The normalized spacial score (nSPS) is 15.2. The van der Waals surface area contributed by atoms with Crippen molar-refractivity contribution in [1.29, 1.82) is 0 Å². The number of piperidine rings is 1.